The highest BCUT2D eigenvalue weighted by atomic mass is 35.5. The van der Waals surface area contributed by atoms with E-state index in [0.29, 0.717) is 19.8 Å². The number of benzene rings is 1. The molecule has 8 heteroatoms. The molecule has 1 atom stereocenters. The van der Waals surface area contributed by atoms with E-state index in [-0.39, 0.29) is 36.8 Å². The topological polar surface area (TPSA) is 68.2 Å². The molecule has 2 aromatic rings. The molecule has 2 aliphatic rings. The fourth-order valence-electron chi connectivity index (χ4n) is 3.33. The van der Waals surface area contributed by atoms with Crippen LogP contribution in [0, 0.1) is 0 Å². The van der Waals surface area contributed by atoms with Crippen molar-refractivity contribution < 1.29 is 9.53 Å². The maximum absolute atomic E-state index is 12.2. The maximum Gasteiger partial charge on any atom is 0.243 e. The number of carbonyl (C=O) groups is 1. The van der Waals surface area contributed by atoms with E-state index < -0.39 is 0 Å². The van der Waals surface area contributed by atoms with Crippen LogP contribution in [0.15, 0.2) is 30.5 Å². The molecule has 1 aromatic heterocycles. The van der Waals surface area contributed by atoms with Crippen molar-refractivity contribution in [3.05, 3.63) is 36.2 Å². The molecule has 1 unspecified atom stereocenters. The van der Waals surface area contributed by atoms with Crippen molar-refractivity contribution in [1.82, 2.24) is 14.9 Å². The largest absolute Gasteiger partial charge is 0.378 e. The Balaban J connectivity index is 0.00000121. The Morgan fingerprint density at radius 1 is 1.23 bits per heavy atom. The zero-order chi connectivity index (χ0) is 16.4. The molecule has 3 heterocycles. The summed E-state index contributed by atoms with van der Waals surface area (Å²) in [5.74, 6) is 0.963. The quantitative estimate of drug-likeness (QED) is 0.833. The average Bonchev–Trinajstić information content (AvgIpc) is 3.07. The van der Waals surface area contributed by atoms with Gasteiger partial charge in [0.05, 0.1) is 13.2 Å². The van der Waals surface area contributed by atoms with Crippen LogP contribution >= 0.6 is 24.8 Å². The lowest BCUT2D eigenvalue weighted by atomic mass is 10.1. The number of halogens is 2. The van der Waals surface area contributed by atoms with Gasteiger partial charge in [0.1, 0.15) is 11.9 Å². The molecule has 1 aromatic carbocycles. The minimum absolute atomic E-state index is 0. The van der Waals surface area contributed by atoms with Gasteiger partial charge in [0.25, 0.3) is 0 Å². The van der Waals surface area contributed by atoms with Crippen LogP contribution in [0.5, 0.6) is 0 Å². The monoisotopic (exact) mass is 398 g/mol. The van der Waals surface area contributed by atoms with Crippen molar-refractivity contribution in [3.8, 4) is 11.4 Å². The first-order chi connectivity index (χ1) is 11.8. The highest BCUT2D eigenvalue weighted by Crippen LogP contribution is 2.25. The van der Waals surface area contributed by atoms with Gasteiger partial charge in [0.2, 0.25) is 5.91 Å². The van der Waals surface area contributed by atoms with Crippen molar-refractivity contribution >= 4 is 36.4 Å². The van der Waals surface area contributed by atoms with Gasteiger partial charge in [-0.2, -0.15) is 0 Å². The second-order valence-electron chi connectivity index (χ2n) is 6.33. The van der Waals surface area contributed by atoms with Gasteiger partial charge in [0, 0.05) is 36.2 Å². The van der Waals surface area contributed by atoms with E-state index in [9.17, 15) is 4.79 Å². The summed E-state index contributed by atoms with van der Waals surface area (Å²) in [6, 6.07) is 7.62. The van der Waals surface area contributed by atoms with Crippen molar-refractivity contribution in [2.75, 3.05) is 25.1 Å². The number of nitrogens with one attached hydrogen (secondary N) is 2. The van der Waals surface area contributed by atoms with Crippen LogP contribution in [0.2, 0.25) is 0 Å². The van der Waals surface area contributed by atoms with Gasteiger partial charge in [-0.05, 0) is 43.5 Å². The van der Waals surface area contributed by atoms with E-state index in [2.05, 4.69) is 20.2 Å². The molecule has 1 amide bonds. The molecule has 142 valence electrons. The van der Waals surface area contributed by atoms with Crippen LogP contribution in [0.25, 0.3) is 11.4 Å². The van der Waals surface area contributed by atoms with Crippen LogP contribution in [-0.2, 0) is 22.5 Å². The lowest BCUT2D eigenvalue weighted by Gasteiger charge is -2.22. The Morgan fingerprint density at radius 3 is 2.77 bits per heavy atom. The van der Waals surface area contributed by atoms with Crippen LogP contribution < -0.4 is 10.6 Å². The molecule has 1 saturated heterocycles. The number of hydrogen-bond donors (Lipinski definition) is 2. The third-order valence-electron chi connectivity index (χ3n) is 4.65. The number of ether oxygens (including phenoxy) is 1. The number of nitrogens with zero attached hydrogens (tertiary/aromatic N) is 2. The molecule has 0 saturated carbocycles. The van der Waals surface area contributed by atoms with Gasteiger partial charge < -0.3 is 19.9 Å². The Hall–Kier alpha value is -1.60. The third kappa shape index (κ3) is 4.38. The Bertz CT molecular complexity index is 727. The van der Waals surface area contributed by atoms with Crippen molar-refractivity contribution in [1.29, 1.82) is 0 Å². The summed E-state index contributed by atoms with van der Waals surface area (Å²) in [6.45, 7) is 2.83. The van der Waals surface area contributed by atoms with E-state index in [0.717, 1.165) is 30.0 Å². The standard InChI is InChI=1S/C18H22N4O2.2ClH/c23-18(16-12-24-10-8-19-16)21-14-6-4-13(5-7-14)17-20-11-15-3-1-2-9-22(15)17;;/h4-7,11,16,19H,1-3,8-10,12H2,(H,21,23);2*1H. The second kappa shape index (κ2) is 9.37. The number of morpholine rings is 1. The summed E-state index contributed by atoms with van der Waals surface area (Å²) in [5, 5.41) is 6.09. The molecule has 4 rings (SSSR count). The SMILES string of the molecule is Cl.Cl.O=C(Nc1ccc(-c2ncc3n2CCCC3)cc1)C1COCCN1. The van der Waals surface area contributed by atoms with E-state index in [1.165, 1.54) is 18.5 Å². The lowest BCUT2D eigenvalue weighted by molar-refractivity contribution is -0.120. The number of aryl methyl sites for hydroxylation is 1. The molecular formula is C18H24Cl2N4O2. The zero-order valence-electron chi connectivity index (χ0n) is 14.4. The van der Waals surface area contributed by atoms with E-state index in [1.54, 1.807) is 0 Å². The fraction of sp³-hybridized carbons (Fsp3) is 0.444. The smallest absolute Gasteiger partial charge is 0.243 e. The first-order valence-corrected chi connectivity index (χ1v) is 8.58. The molecule has 6 nitrogen and oxygen atoms in total. The van der Waals surface area contributed by atoms with Crippen molar-refractivity contribution in [2.45, 2.75) is 31.8 Å². The Morgan fingerprint density at radius 2 is 2.04 bits per heavy atom. The number of rotatable bonds is 3. The molecule has 0 radical (unpaired) electrons. The molecule has 0 spiro atoms. The number of imidazole rings is 1. The van der Waals surface area contributed by atoms with Gasteiger partial charge in [-0.25, -0.2) is 4.98 Å². The van der Waals surface area contributed by atoms with Crippen LogP contribution in [0.3, 0.4) is 0 Å². The lowest BCUT2D eigenvalue weighted by Crippen LogP contribution is -2.48. The van der Waals surface area contributed by atoms with Gasteiger partial charge in [-0.15, -0.1) is 24.8 Å². The van der Waals surface area contributed by atoms with Crippen LogP contribution in [0.4, 0.5) is 5.69 Å². The molecule has 1 fully saturated rings. The van der Waals surface area contributed by atoms with Crippen LogP contribution in [0.1, 0.15) is 18.5 Å². The summed E-state index contributed by atoms with van der Waals surface area (Å²) < 4.78 is 7.63. The Kier molecular flexibility index (Phi) is 7.46. The van der Waals surface area contributed by atoms with Gasteiger partial charge in [0.15, 0.2) is 0 Å². The molecule has 0 aliphatic carbocycles. The first-order valence-electron chi connectivity index (χ1n) is 8.58. The molecule has 2 aliphatic heterocycles. The summed E-state index contributed by atoms with van der Waals surface area (Å²) in [4.78, 5) is 16.8. The van der Waals surface area contributed by atoms with E-state index in [1.807, 2.05) is 30.5 Å². The van der Waals surface area contributed by atoms with Gasteiger partial charge >= 0.3 is 0 Å². The minimum Gasteiger partial charge on any atom is -0.378 e. The number of carbonyl (C=O) groups excluding carboxylic acids is 1. The molecular weight excluding hydrogens is 375 g/mol. The zero-order valence-corrected chi connectivity index (χ0v) is 16.1. The third-order valence-corrected chi connectivity index (χ3v) is 4.65. The number of hydrogen-bond acceptors (Lipinski definition) is 4. The predicted octanol–water partition coefficient (Wildman–Crippen LogP) is 2.66. The number of amides is 1. The molecule has 2 N–H and O–H groups in total. The van der Waals surface area contributed by atoms with E-state index in [4.69, 9.17) is 4.74 Å². The summed E-state index contributed by atoms with van der Waals surface area (Å²) in [7, 11) is 0. The number of anilines is 1. The highest BCUT2D eigenvalue weighted by Gasteiger charge is 2.21. The van der Waals surface area contributed by atoms with Crippen molar-refractivity contribution in [3.63, 3.8) is 0 Å². The van der Waals surface area contributed by atoms with Crippen LogP contribution in [-0.4, -0.2) is 41.3 Å². The predicted molar refractivity (Wildman–Crippen MR) is 106 cm³/mol. The van der Waals surface area contributed by atoms with Gasteiger partial charge in [-0.1, -0.05) is 0 Å². The highest BCUT2D eigenvalue weighted by molar-refractivity contribution is 5.95. The molecule has 0 bridgehead atoms. The number of aromatic nitrogens is 2. The minimum atomic E-state index is -0.280. The van der Waals surface area contributed by atoms with Gasteiger partial charge in [-0.3, -0.25) is 4.79 Å². The second-order valence-corrected chi connectivity index (χ2v) is 6.33. The Labute approximate surface area is 165 Å². The average molecular weight is 399 g/mol. The summed E-state index contributed by atoms with van der Waals surface area (Å²) >= 11 is 0. The summed E-state index contributed by atoms with van der Waals surface area (Å²) in [5.41, 5.74) is 3.19. The molecule has 26 heavy (non-hydrogen) atoms. The first kappa shape index (κ1) is 20.7. The fourth-order valence-corrected chi connectivity index (χ4v) is 3.33. The number of fused-ring (bicyclic) bond motifs is 1. The van der Waals surface area contributed by atoms with E-state index >= 15 is 0 Å². The normalized spacial score (nSPS) is 18.8. The van der Waals surface area contributed by atoms with Crippen molar-refractivity contribution in [2.24, 2.45) is 0 Å². The summed E-state index contributed by atoms with van der Waals surface area (Å²) in [6.07, 6.45) is 5.55. The maximum atomic E-state index is 12.2.